The molecule has 17 heavy (non-hydrogen) atoms. The third kappa shape index (κ3) is 5.16. The van der Waals surface area contributed by atoms with Crippen molar-refractivity contribution in [3.05, 3.63) is 22.4 Å². The van der Waals surface area contributed by atoms with E-state index in [1.54, 1.807) is 11.3 Å². The molecule has 0 aliphatic rings. The molecule has 1 rings (SSSR count). The molecule has 2 N–H and O–H groups in total. The van der Waals surface area contributed by atoms with Crippen molar-refractivity contribution in [2.24, 2.45) is 0 Å². The molecule has 1 aromatic heterocycles. The van der Waals surface area contributed by atoms with Gasteiger partial charge in [-0.05, 0) is 31.3 Å². The molecule has 0 saturated heterocycles. The van der Waals surface area contributed by atoms with E-state index < -0.39 is 15.4 Å². The fraction of sp³-hybridized carbons (Fsp3) is 0.636. The lowest BCUT2D eigenvalue weighted by atomic mass is 10.1. The second kappa shape index (κ2) is 6.49. The van der Waals surface area contributed by atoms with Crippen LogP contribution in [0.2, 0.25) is 0 Å². The van der Waals surface area contributed by atoms with E-state index in [4.69, 9.17) is 4.55 Å². The predicted octanol–water partition coefficient (Wildman–Crippen LogP) is 2.11. The van der Waals surface area contributed by atoms with Crippen molar-refractivity contribution in [3.63, 3.8) is 0 Å². The van der Waals surface area contributed by atoms with Gasteiger partial charge in [0.2, 0.25) is 0 Å². The van der Waals surface area contributed by atoms with E-state index in [-0.39, 0.29) is 0 Å². The molecule has 98 valence electrons. The van der Waals surface area contributed by atoms with Crippen molar-refractivity contribution < 1.29 is 13.0 Å². The van der Waals surface area contributed by atoms with Crippen LogP contribution in [0, 0.1) is 0 Å². The normalized spacial score (nSPS) is 15.7. The molecule has 2 atom stereocenters. The molecule has 0 fully saturated rings. The van der Waals surface area contributed by atoms with Crippen molar-refractivity contribution in [1.82, 2.24) is 5.32 Å². The zero-order valence-electron chi connectivity index (χ0n) is 10.1. The van der Waals surface area contributed by atoms with E-state index in [1.807, 2.05) is 11.4 Å². The number of hydrogen-bond acceptors (Lipinski definition) is 4. The number of nitrogens with one attached hydrogen (secondary N) is 1. The van der Waals surface area contributed by atoms with Crippen LogP contribution in [-0.2, 0) is 10.1 Å². The van der Waals surface area contributed by atoms with Crippen LogP contribution in [-0.4, -0.2) is 31.3 Å². The van der Waals surface area contributed by atoms with E-state index in [0.717, 1.165) is 6.54 Å². The minimum atomic E-state index is -3.88. The van der Waals surface area contributed by atoms with Crippen LogP contribution in [0.25, 0.3) is 0 Å². The summed E-state index contributed by atoms with van der Waals surface area (Å²) < 4.78 is 30.3. The van der Waals surface area contributed by atoms with Crippen LogP contribution in [0.1, 0.15) is 31.1 Å². The summed E-state index contributed by atoms with van der Waals surface area (Å²) in [4.78, 5) is 1.32. The van der Waals surface area contributed by atoms with Crippen LogP contribution in [0.3, 0.4) is 0 Å². The fourth-order valence-electron chi connectivity index (χ4n) is 1.45. The zero-order valence-corrected chi connectivity index (χ0v) is 11.7. The first-order valence-corrected chi connectivity index (χ1v) is 8.00. The van der Waals surface area contributed by atoms with Gasteiger partial charge in [-0.25, -0.2) is 0 Å². The summed E-state index contributed by atoms with van der Waals surface area (Å²) in [7, 11) is -3.88. The van der Waals surface area contributed by atoms with Gasteiger partial charge < -0.3 is 5.32 Å². The van der Waals surface area contributed by atoms with Crippen molar-refractivity contribution in [2.45, 2.75) is 31.4 Å². The number of hydrogen-bond donors (Lipinski definition) is 2. The quantitative estimate of drug-likeness (QED) is 0.592. The fourth-order valence-corrected chi connectivity index (χ4v) is 2.65. The monoisotopic (exact) mass is 277 g/mol. The third-order valence-corrected chi connectivity index (χ3v) is 5.07. The molecule has 0 saturated carbocycles. The van der Waals surface area contributed by atoms with Crippen molar-refractivity contribution in [1.29, 1.82) is 0 Å². The van der Waals surface area contributed by atoms with E-state index in [0.29, 0.717) is 18.9 Å². The first kappa shape index (κ1) is 14.6. The molecule has 1 heterocycles. The van der Waals surface area contributed by atoms with Crippen LogP contribution in [0.4, 0.5) is 0 Å². The highest BCUT2D eigenvalue weighted by atomic mass is 32.2. The average molecular weight is 277 g/mol. The standard InChI is InChI=1S/C11H19NO3S2/c1-9(11-4-3-7-16-11)8-12-6-5-10(2)17(13,14)15/h3-4,7,9-10,12H,5-6,8H2,1-2H3,(H,13,14,15). The maximum atomic E-state index is 10.8. The largest absolute Gasteiger partial charge is 0.316 e. The van der Waals surface area contributed by atoms with Crippen LogP contribution in [0.15, 0.2) is 17.5 Å². The van der Waals surface area contributed by atoms with Gasteiger partial charge in [0.05, 0.1) is 5.25 Å². The van der Waals surface area contributed by atoms with Crippen molar-refractivity contribution in [2.75, 3.05) is 13.1 Å². The van der Waals surface area contributed by atoms with Crippen LogP contribution < -0.4 is 5.32 Å². The van der Waals surface area contributed by atoms with Gasteiger partial charge >= 0.3 is 0 Å². The van der Waals surface area contributed by atoms with Gasteiger partial charge in [0.25, 0.3) is 10.1 Å². The summed E-state index contributed by atoms with van der Waals surface area (Å²) >= 11 is 1.72. The van der Waals surface area contributed by atoms with Crippen LogP contribution >= 0.6 is 11.3 Å². The summed E-state index contributed by atoms with van der Waals surface area (Å²) in [5.74, 6) is 0.427. The van der Waals surface area contributed by atoms with Gasteiger partial charge in [0.15, 0.2) is 0 Å². The molecular weight excluding hydrogens is 258 g/mol. The van der Waals surface area contributed by atoms with Crippen molar-refractivity contribution >= 4 is 21.5 Å². The first-order valence-electron chi connectivity index (χ1n) is 5.61. The van der Waals surface area contributed by atoms with Gasteiger partial charge in [-0.2, -0.15) is 8.42 Å². The van der Waals surface area contributed by atoms with Gasteiger partial charge in [0.1, 0.15) is 0 Å². The van der Waals surface area contributed by atoms with Crippen LogP contribution in [0.5, 0.6) is 0 Å². The molecule has 0 radical (unpaired) electrons. The Balaban J connectivity index is 2.21. The Labute approximate surface area is 107 Å². The molecule has 4 nitrogen and oxygen atoms in total. The van der Waals surface area contributed by atoms with Gasteiger partial charge in [-0.1, -0.05) is 13.0 Å². The lowest BCUT2D eigenvalue weighted by Crippen LogP contribution is -2.26. The summed E-state index contributed by atoms with van der Waals surface area (Å²) in [6.45, 7) is 5.06. The first-order chi connectivity index (χ1) is 7.91. The Kier molecular flexibility index (Phi) is 5.58. The lowest BCUT2D eigenvalue weighted by Gasteiger charge is -2.12. The topological polar surface area (TPSA) is 66.4 Å². The van der Waals surface area contributed by atoms with Gasteiger partial charge in [-0.3, -0.25) is 4.55 Å². The van der Waals surface area contributed by atoms with E-state index >= 15 is 0 Å². The molecule has 0 amide bonds. The van der Waals surface area contributed by atoms with Crippen molar-refractivity contribution in [3.8, 4) is 0 Å². The summed E-state index contributed by atoms with van der Waals surface area (Å²) in [6.07, 6.45) is 0.427. The zero-order chi connectivity index (χ0) is 12.9. The SMILES string of the molecule is CC(CNCCC(C)S(=O)(=O)O)c1cccs1. The smallest absolute Gasteiger partial charge is 0.267 e. The molecule has 1 aromatic rings. The summed E-state index contributed by atoms with van der Waals surface area (Å²) in [6, 6.07) is 4.12. The van der Waals surface area contributed by atoms with E-state index in [2.05, 4.69) is 18.3 Å². The summed E-state index contributed by atoms with van der Waals surface area (Å²) in [5.41, 5.74) is 0. The van der Waals surface area contributed by atoms with Gasteiger partial charge in [-0.15, -0.1) is 11.3 Å². The molecular formula is C11H19NO3S2. The maximum Gasteiger partial charge on any atom is 0.267 e. The van der Waals surface area contributed by atoms with E-state index in [9.17, 15) is 8.42 Å². The highest BCUT2D eigenvalue weighted by Gasteiger charge is 2.16. The molecule has 0 aromatic carbocycles. The predicted molar refractivity (Wildman–Crippen MR) is 71.2 cm³/mol. The molecule has 6 heteroatoms. The minimum absolute atomic E-state index is 0.427. The molecule has 0 aliphatic carbocycles. The number of rotatable bonds is 7. The Bertz CT molecular complexity index is 414. The average Bonchev–Trinajstić information content (AvgIpc) is 2.75. The lowest BCUT2D eigenvalue weighted by molar-refractivity contribution is 0.463. The Morgan fingerprint density at radius 2 is 2.18 bits per heavy atom. The molecule has 0 spiro atoms. The summed E-state index contributed by atoms with van der Waals surface area (Å²) in [5, 5.41) is 4.55. The number of thiophene rings is 1. The minimum Gasteiger partial charge on any atom is -0.316 e. The highest BCUT2D eigenvalue weighted by Crippen LogP contribution is 2.19. The Morgan fingerprint density at radius 1 is 1.47 bits per heavy atom. The molecule has 0 bridgehead atoms. The van der Waals surface area contributed by atoms with E-state index in [1.165, 1.54) is 11.8 Å². The third-order valence-electron chi connectivity index (χ3n) is 2.72. The maximum absolute atomic E-state index is 10.8. The second-order valence-electron chi connectivity index (χ2n) is 4.23. The second-order valence-corrected chi connectivity index (χ2v) is 7.05. The molecule has 2 unspecified atom stereocenters. The Hall–Kier alpha value is -0.430. The highest BCUT2D eigenvalue weighted by molar-refractivity contribution is 7.86. The molecule has 0 aliphatic heterocycles. The van der Waals surface area contributed by atoms with Gasteiger partial charge in [0, 0.05) is 17.3 Å². The Morgan fingerprint density at radius 3 is 2.71 bits per heavy atom.